The summed E-state index contributed by atoms with van der Waals surface area (Å²) in [4.78, 5) is 20.0. The average Bonchev–Trinajstić information content (AvgIpc) is 2.89. The number of benzene rings is 1. The highest BCUT2D eigenvalue weighted by atomic mass is 79.9. The Hall–Kier alpha value is -2.34. The number of aromatic nitrogens is 2. The number of fused-ring (bicyclic) bond motifs is 1. The highest BCUT2D eigenvalue weighted by Gasteiger charge is 2.19. The molecule has 3 aromatic rings. The SMILES string of the molecule is COc1c(N)cccc1C(=O)c1c[nH]c2ncc(Br)cc12. The molecule has 0 radical (unpaired) electrons. The normalized spacial score (nSPS) is 10.8. The lowest BCUT2D eigenvalue weighted by molar-refractivity contribution is 0.103. The number of ketones is 1. The third-order valence-electron chi connectivity index (χ3n) is 3.24. The molecule has 0 saturated heterocycles. The molecule has 21 heavy (non-hydrogen) atoms. The molecule has 2 heterocycles. The highest BCUT2D eigenvalue weighted by Crippen LogP contribution is 2.30. The number of pyridine rings is 1. The number of nitrogens with one attached hydrogen (secondary N) is 1. The van der Waals surface area contributed by atoms with Gasteiger partial charge >= 0.3 is 0 Å². The molecule has 1 aromatic carbocycles. The molecule has 5 nitrogen and oxygen atoms in total. The Morgan fingerprint density at radius 2 is 2.19 bits per heavy atom. The largest absolute Gasteiger partial charge is 0.494 e. The number of rotatable bonds is 3. The number of hydrogen-bond donors (Lipinski definition) is 2. The van der Waals surface area contributed by atoms with E-state index in [-0.39, 0.29) is 5.78 Å². The monoisotopic (exact) mass is 345 g/mol. The molecule has 3 rings (SSSR count). The number of H-pyrrole nitrogens is 1. The molecule has 0 aliphatic carbocycles. The summed E-state index contributed by atoms with van der Waals surface area (Å²) >= 11 is 3.36. The Labute approximate surface area is 129 Å². The minimum Gasteiger partial charge on any atom is -0.494 e. The summed E-state index contributed by atoms with van der Waals surface area (Å²) < 4.78 is 6.06. The number of nitrogens with two attached hydrogens (primary N) is 1. The zero-order valence-electron chi connectivity index (χ0n) is 11.2. The molecule has 0 spiro atoms. The predicted octanol–water partition coefficient (Wildman–Crippen LogP) is 3.15. The number of para-hydroxylation sites is 1. The second kappa shape index (κ2) is 5.21. The van der Waals surface area contributed by atoms with E-state index in [1.165, 1.54) is 7.11 Å². The lowest BCUT2D eigenvalue weighted by Crippen LogP contribution is -2.05. The van der Waals surface area contributed by atoms with Crippen molar-refractivity contribution in [2.24, 2.45) is 0 Å². The first-order valence-corrected chi connectivity index (χ1v) is 7.01. The maximum Gasteiger partial charge on any atom is 0.199 e. The Morgan fingerprint density at radius 1 is 1.38 bits per heavy atom. The summed E-state index contributed by atoms with van der Waals surface area (Å²) in [5, 5.41) is 0.749. The highest BCUT2D eigenvalue weighted by molar-refractivity contribution is 9.10. The van der Waals surface area contributed by atoms with Crippen LogP contribution in [0.25, 0.3) is 11.0 Å². The van der Waals surface area contributed by atoms with Crippen LogP contribution < -0.4 is 10.5 Å². The van der Waals surface area contributed by atoms with Gasteiger partial charge in [0.1, 0.15) is 5.65 Å². The first-order chi connectivity index (χ1) is 10.1. The minimum atomic E-state index is -0.162. The number of halogens is 1. The minimum absolute atomic E-state index is 0.162. The zero-order valence-corrected chi connectivity index (χ0v) is 12.8. The topological polar surface area (TPSA) is 81.0 Å². The predicted molar refractivity (Wildman–Crippen MR) is 84.6 cm³/mol. The summed E-state index contributed by atoms with van der Waals surface area (Å²) in [6.07, 6.45) is 3.32. The van der Waals surface area contributed by atoms with Crippen LogP contribution in [0.2, 0.25) is 0 Å². The van der Waals surface area contributed by atoms with Gasteiger partial charge in [-0.15, -0.1) is 0 Å². The van der Waals surface area contributed by atoms with E-state index in [2.05, 4.69) is 25.9 Å². The number of methoxy groups -OCH3 is 1. The zero-order chi connectivity index (χ0) is 15.0. The van der Waals surface area contributed by atoms with E-state index in [1.807, 2.05) is 6.07 Å². The van der Waals surface area contributed by atoms with E-state index in [0.717, 1.165) is 9.86 Å². The van der Waals surface area contributed by atoms with Gasteiger partial charge in [-0.2, -0.15) is 0 Å². The fourth-order valence-corrected chi connectivity index (χ4v) is 2.60. The number of nitrogens with zero attached hydrogens (tertiary/aromatic N) is 1. The standard InChI is InChI=1S/C15H12BrN3O2/c1-21-14-9(3-2-4-12(14)17)13(20)11-7-19-15-10(11)5-8(16)6-18-15/h2-7H,17H2,1H3,(H,18,19). The molecule has 0 amide bonds. The molecule has 0 aliphatic rings. The molecule has 0 aliphatic heterocycles. The van der Waals surface area contributed by atoms with Crippen LogP contribution in [0.1, 0.15) is 15.9 Å². The van der Waals surface area contributed by atoms with Crippen molar-refractivity contribution in [3.05, 3.63) is 52.3 Å². The van der Waals surface area contributed by atoms with Crippen molar-refractivity contribution in [3.8, 4) is 5.75 Å². The molecule has 3 N–H and O–H groups in total. The Morgan fingerprint density at radius 3 is 2.95 bits per heavy atom. The molecule has 106 valence electrons. The van der Waals surface area contributed by atoms with E-state index in [9.17, 15) is 4.79 Å². The van der Waals surface area contributed by atoms with Crippen LogP contribution in [-0.4, -0.2) is 22.9 Å². The van der Waals surface area contributed by atoms with Gasteiger partial charge in [-0.25, -0.2) is 4.98 Å². The average molecular weight is 346 g/mol. The Balaban J connectivity index is 2.17. The summed E-state index contributed by atoms with van der Waals surface area (Å²) in [5.41, 5.74) is 7.90. The van der Waals surface area contributed by atoms with E-state index in [0.29, 0.717) is 28.2 Å². The summed E-state index contributed by atoms with van der Waals surface area (Å²) in [6.45, 7) is 0. The summed E-state index contributed by atoms with van der Waals surface area (Å²) in [6, 6.07) is 6.98. The number of hydrogen-bond acceptors (Lipinski definition) is 4. The number of ether oxygens (including phenoxy) is 1. The van der Waals surface area contributed by atoms with Gasteiger partial charge in [0.2, 0.25) is 0 Å². The van der Waals surface area contributed by atoms with Crippen molar-refractivity contribution in [3.63, 3.8) is 0 Å². The van der Waals surface area contributed by atoms with Crippen molar-refractivity contribution in [2.75, 3.05) is 12.8 Å². The molecule has 0 bridgehead atoms. The third-order valence-corrected chi connectivity index (χ3v) is 3.67. The fourth-order valence-electron chi connectivity index (χ4n) is 2.27. The smallest absolute Gasteiger partial charge is 0.199 e. The lowest BCUT2D eigenvalue weighted by atomic mass is 10.0. The fraction of sp³-hybridized carbons (Fsp3) is 0.0667. The molecule has 0 fully saturated rings. The molecule has 2 aromatic heterocycles. The molecular formula is C15H12BrN3O2. The van der Waals surface area contributed by atoms with E-state index >= 15 is 0 Å². The number of carbonyl (C=O) groups excluding carboxylic acids is 1. The van der Waals surface area contributed by atoms with Crippen molar-refractivity contribution in [1.82, 2.24) is 9.97 Å². The van der Waals surface area contributed by atoms with Gasteiger partial charge in [0.05, 0.1) is 18.4 Å². The van der Waals surface area contributed by atoms with Crippen molar-refractivity contribution < 1.29 is 9.53 Å². The molecule has 0 unspecified atom stereocenters. The molecule has 0 saturated carbocycles. The lowest BCUT2D eigenvalue weighted by Gasteiger charge is -2.09. The van der Waals surface area contributed by atoms with Gasteiger partial charge in [-0.1, -0.05) is 6.07 Å². The number of carbonyl (C=O) groups is 1. The van der Waals surface area contributed by atoms with Crippen LogP contribution in [0, 0.1) is 0 Å². The Kier molecular flexibility index (Phi) is 3.39. The van der Waals surface area contributed by atoms with Crippen molar-refractivity contribution >= 4 is 38.4 Å². The first-order valence-electron chi connectivity index (χ1n) is 6.21. The van der Waals surface area contributed by atoms with E-state index < -0.39 is 0 Å². The van der Waals surface area contributed by atoms with Crippen molar-refractivity contribution in [1.29, 1.82) is 0 Å². The second-order valence-electron chi connectivity index (χ2n) is 4.51. The van der Waals surface area contributed by atoms with Crippen molar-refractivity contribution in [2.45, 2.75) is 0 Å². The van der Waals surface area contributed by atoms with E-state index in [1.54, 1.807) is 30.6 Å². The van der Waals surface area contributed by atoms with Crippen LogP contribution in [0.15, 0.2) is 41.1 Å². The second-order valence-corrected chi connectivity index (χ2v) is 5.42. The third kappa shape index (κ3) is 2.27. The van der Waals surface area contributed by atoms with Gasteiger partial charge in [0, 0.05) is 27.8 Å². The van der Waals surface area contributed by atoms with Crippen LogP contribution >= 0.6 is 15.9 Å². The van der Waals surface area contributed by atoms with Gasteiger partial charge in [0.15, 0.2) is 11.5 Å². The van der Waals surface area contributed by atoms with Gasteiger partial charge < -0.3 is 15.5 Å². The number of anilines is 1. The maximum absolute atomic E-state index is 12.8. The maximum atomic E-state index is 12.8. The van der Waals surface area contributed by atoms with Gasteiger partial charge in [-0.05, 0) is 34.1 Å². The molecule has 6 heteroatoms. The van der Waals surface area contributed by atoms with Crippen LogP contribution in [0.3, 0.4) is 0 Å². The first kappa shape index (κ1) is 13.6. The summed E-state index contributed by atoms with van der Waals surface area (Å²) in [5.74, 6) is 0.227. The van der Waals surface area contributed by atoms with Crippen LogP contribution in [0.5, 0.6) is 5.75 Å². The summed E-state index contributed by atoms with van der Waals surface area (Å²) in [7, 11) is 1.50. The van der Waals surface area contributed by atoms with Gasteiger partial charge in [-0.3, -0.25) is 4.79 Å². The Bertz CT molecular complexity index is 842. The van der Waals surface area contributed by atoms with Gasteiger partial charge in [0.25, 0.3) is 0 Å². The number of nitrogen functional groups attached to an aromatic ring is 1. The van der Waals surface area contributed by atoms with Crippen LogP contribution in [-0.2, 0) is 0 Å². The van der Waals surface area contributed by atoms with Crippen LogP contribution in [0.4, 0.5) is 5.69 Å². The van der Waals surface area contributed by atoms with E-state index in [4.69, 9.17) is 10.5 Å². The molecule has 0 atom stereocenters. The molecular weight excluding hydrogens is 334 g/mol. The quantitative estimate of drug-likeness (QED) is 0.564. The number of aromatic amines is 1.